The number of anilines is 1. The zero-order chi connectivity index (χ0) is 41.8. The summed E-state index contributed by atoms with van der Waals surface area (Å²) in [6, 6.07) is 45.2. The number of carbonyl (C=O) groups is 1. The van der Waals surface area contributed by atoms with Gasteiger partial charge in [0.15, 0.2) is 17.0 Å². The third kappa shape index (κ3) is 8.24. The topological polar surface area (TPSA) is 131 Å². The number of nitrogens with one attached hydrogen (secondary N) is 1. The molecular weight excluding hydrogens is 792 g/mol. The number of methoxy groups -OCH3 is 2. The van der Waals surface area contributed by atoms with E-state index in [1.54, 1.807) is 32.7 Å². The second kappa shape index (κ2) is 17.9. The SMILES string of the molecule is COc1ccc(C(OC[C@H]2O[C@@H](n3cnc4c(NC(=O)c5ccccc5)ncnc43)C[C@@H]2OP2O[C@@H](c3ccccc3)CN2C)(c2ccccc2)c2ccc(OC)cc2)cc1. The average molecular weight is 837 g/mol. The first-order valence-corrected chi connectivity index (χ1v) is 21.1. The number of nitrogens with zero attached hydrogens (tertiary/aromatic N) is 5. The molecule has 14 heteroatoms. The van der Waals surface area contributed by atoms with Crippen molar-refractivity contribution in [3.05, 3.63) is 180 Å². The van der Waals surface area contributed by atoms with Crippen molar-refractivity contribution in [2.45, 2.75) is 36.6 Å². The fourth-order valence-corrected chi connectivity index (χ4v) is 9.43. The Hall–Kier alpha value is -6.05. The summed E-state index contributed by atoms with van der Waals surface area (Å²) in [5.74, 6) is 1.45. The van der Waals surface area contributed by atoms with E-state index in [1.165, 1.54) is 6.33 Å². The van der Waals surface area contributed by atoms with Crippen LogP contribution in [0.1, 0.15) is 51.4 Å². The first-order valence-electron chi connectivity index (χ1n) is 20.0. The van der Waals surface area contributed by atoms with Gasteiger partial charge >= 0.3 is 0 Å². The van der Waals surface area contributed by atoms with Crippen molar-refractivity contribution < 1.29 is 32.8 Å². The fraction of sp³-hybridized carbons (Fsp3) is 0.234. The van der Waals surface area contributed by atoms with Gasteiger partial charge in [-0.3, -0.25) is 9.36 Å². The van der Waals surface area contributed by atoms with Gasteiger partial charge in [-0.1, -0.05) is 103 Å². The van der Waals surface area contributed by atoms with Crippen LogP contribution < -0.4 is 14.8 Å². The maximum absolute atomic E-state index is 13.1. The van der Waals surface area contributed by atoms with Crippen molar-refractivity contribution in [2.24, 2.45) is 0 Å². The summed E-state index contributed by atoms with van der Waals surface area (Å²) in [6.45, 7) is 0.809. The van der Waals surface area contributed by atoms with Gasteiger partial charge in [-0.2, -0.15) is 0 Å². The molecule has 0 radical (unpaired) electrons. The van der Waals surface area contributed by atoms with E-state index < -0.39 is 32.6 Å². The quantitative estimate of drug-likeness (QED) is 0.0834. The number of hydrogen-bond donors (Lipinski definition) is 1. The van der Waals surface area contributed by atoms with E-state index in [-0.39, 0.29) is 18.6 Å². The third-order valence-electron chi connectivity index (χ3n) is 11.1. The molecule has 0 saturated carbocycles. The van der Waals surface area contributed by atoms with Crippen LogP contribution >= 0.6 is 8.53 Å². The van der Waals surface area contributed by atoms with Crippen molar-refractivity contribution in [1.82, 2.24) is 24.2 Å². The Morgan fingerprint density at radius 1 is 0.787 bits per heavy atom. The van der Waals surface area contributed by atoms with E-state index in [0.717, 1.165) is 33.8 Å². The van der Waals surface area contributed by atoms with E-state index in [1.807, 2.05) is 115 Å². The van der Waals surface area contributed by atoms with Crippen molar-refractivity contribution >= 4 is 31.4 Å². The van der Waals surface area contributed by atoms with Crippen molar-refractivity contribution in [2.75, 3.05) is 39.7 Å². The molecule has 0 spiro atoms. The summed E-state index contributed by atoms with van der Waals surface area (Å²) < 4.78 is 43.0. The second-order valence-corrected chi connectivity index (χ2v) is 16.4. The first kappa shape index (κ1) is 40.4. The van der Waals surface area contributed by atoms with Gasteiger partial charge < -0.3 is 33.3 Å². The van der Waals surface area contributed by atoms with Crippen LogP contribution in [-0.2, 0) is 24.1 Å². The van der Waals surface area contributed by atoms with Crippen LogP contribution in [0, 0.1) is 0 Å². The molecule has 2 fully saturated rings. The minimum Gasteiger partial charge on any atom is -0.497 e. The lowest BCUT2D eigenvalue weighted by molar-refractivity contribution is -0.0906. The predicted octanol–water partition coefficient (Wildman–Crippen LogP) is 8.71. The summed E-state index contributed by atoms with van der Waals surface area (Å²) in [5, 5.41) is 2.90. The van der Waals surface area contributed by atoms with Crippen LogP contribution in [0.5, 0.6) is 11.5 Å². The molecule has 61 heavy (non-hydrogen) atoms. The van der Waals surface area contributed by atoms with Gasteiger partial charge in [-0.15, -0.1) is 0 Å². The molecule has 4 heterocycles. The van der Waals surface area contributed by atoms with Gasteiger partial charge in [0.25, 0.3) is 14.4 Å². The van der Waals surface area contributed by atoms with Crippen molar-refractivity contribution in [3.63, 3.8) is 0 Å². The van der Waals surface area contributed by atoms with Gasteiger partial charge in [0.1, 0.15) is 41.9 Å². The maximum Gasteiger partial charge on any atom is 0.259 e. The van der Waals surface area contributed by atoms with E-state index >= 15 is 0 Å². The number of rotatable bonds is 14. The van der Waals surface area contributed by atoms with Crippen LogP contribution in [0.15, 0.2) is 152 Å². The molecule has 0 bridgehead atoms. The third-order valence-corrected chi connectivity index (χ3v) is 12.7. The standard InChI is InChI=1S/C47H45N6O7P/c1-52-28-40(32-13-7-4-8-14-32)60-61(52)59-39-27-42(53-31-50-43-44(48-30-49-45(43)53)51-46(54)33-15-9-5-10-16-33)58-41(39)29-57-47(34-17-11-6-12-18-34,35-19-23-37(55-2)24-20-35)36-21-25-38(56-3)26-22-36/h4-26,30-31,39-42H,27-29H2,1-3H3,(H,48,49,51,54)/t39-,40+,41+,42+,61?/m0/s1. The van der Waals surface area contributed by atoms with Crippen LogP contribution in [0.4, 0.5) is 5.82 Å². The summed E-state index contributed by atoms with van der Waals surface area (Å²) >= 11 is 0. The molecule has 2 saturated heterocycles. The lowest BCUT2D eigenvalue weighted by Crippen LogP contribution is -2.38. The molecule has 5 atom stereocenters. The lowest BCUT2D eigenvalue weighted by atomic mass is 9.80. The number of ether oxygens (including phenoxy) is 4. The summed E-state index contributed by atoms with van der Waals surface area (Å²) in [7, 11) is 3.86. The monoisotopic (exact) mass is 836 g/mol. The minimum absolute atomic E-state index is 0.128. The van der Waals surface area contributed by atoms with Gasteiger partial charge in [0, 0.05) is 18.5 Å². The van der Waals surface area contributed by atoms with Crippen LogP contribution in [0.2, 0.25) is 0 Å². The Morgan fingerprint density at radius 3 is 2.03 bits per heavy atom. The number of likely N-dealkylation sites (N-methyl/N-ethyl adjacent to an activating group) is 1. The molecule has 1 amide bonds. The van der Waals surface area contributed by atoms with Crippen LogP contribution in [0.25, 0.3) is 11.2 Å². The largest absolute Gasteiger partial charge is 0.497 e. The van der Waals surface area contributed by atoms with E-state index in [9.17, 15) is 4.79 Å². The summed E-state index contributed by atoms with van der Waals surface area (Å²) in [5.41, 5.74) is 4.16. The van der Waals surface area contributed by atoms with Gasteiger partial charge in [-0.25, -0.2) is 19.6 Å². The first-order chi connectivity index (χ1) is 29.9. The highest BCUT2D eigenvalue weighted by atomic mass is 31.2. The molecule has 1 unspecified atom stereocenters. The number of benzene rings is 5. The normalized spacial score (nSPS) is 20.5. The van der Waals surface area contributed by atoms with Gasteiger partial charge in [0.05, 0.1) is 33.3 Å². The predicted molar refractivity (Wildman–Crippen MR) is 231 cm³/mol. The molecule has 2 aliphatic heterocycles. The molecular formula is C47H45N6O7P. The maximum atomic E-state index is 13.1. The van der Waals surface area contributed by atoms with Crippen molar-refractivity contribution in [3.8, 4) is 11.5 Å². The molecule has 7 aromatic rings. The van der Waals surface area contributed by atoms with E-state index in [0.29, 0.717) is 35.5 Å². The van der Waals surface area contributed by atoms with Crippen LogP contribution in [-0.4, -0.2) is 76.7 Å². The summed E-state index contributed by atoms with van der Waals surface area (Å²) in [4.78, 5) is 26.8. The summed E-state index contributed by atoms with van der Waals surface area (Å²) in [6.07, 6.45) is 1.78. The number of amides is 1. The van der Waals surface area contributed by atoms with Crippen LogP contribution in [0.3, 0.4) is 0 Å². The molecule has 2 aliphatic rings. The molecule has 9 rings (SSSR count). The van der Waals surface area contributed by atoms with Gasteiger partial charge in [0.2, 0.25) is 0 Å². The Kier molecular flexibility index (Phi) is 11.8. The zero-order valence-electron chi connectivity index (χ0n) is 33.9. The van der Waals surface area contributed by atoms with E-state index in [4.69, 9.17) is 28.0 Å². The molecule has 13 nitrogen and oxygen atoms in total. The minimum atomic E-state index is -1.47. The highest BCUT2D eigenvalue weighted by Crippen LogP contribution is 2.55. The number of fused-ring (bicyclic) bond motifs is 1. The fourth-order valence-electron chi connectivity index (χ4n) is 7.92. The number of imidazole rings is 1. The Morgan fingerprint density at radius 2 is 1.39 bits per heavy atom. The van der Waals surface area contributed by atoms with E-state index in [2.05, 4.69) is 49.2 Å². The Bertz CT molecular complexity index is 2500. The molecule has 1 N–H and O–H groups in total. The highest BCUT2D eigenvalue weighted by molar-refractivity contribution is 7.44. The number of carbonyl (C=O) groups excluding carboxylic acids is 1. The zero-order valence-corrected chi connectivity index (χ0v) is 34.8. The Labute approximate surface area is 355 Å². The molecule has 0 aliphatic carbocycles. The van der Waals surface area contributed by atoms with Crippen molar-refractivity contribution in [1.29, 1.82) is 0 Å². The molecule has 5 aromatic carbocycles. The molecule has 310 valence electrons. The number of aromatic nitrogens is 4. The smallest absolute Gasteiger partial charge is 0.259 e. The molecule has 2 aromatic heterocycles. The average Bonchev–Trinajstić information content (AvgIpc) is 4.05. The van der Waals surface area contributed by atoms with Gasteiger partial charge in [-0.05, 0) is 65.7 Å². The Balaban J connectivity index is 1.07. The highest BCUT2D eigenvalue weighted by Gasteiger charge is 2.46. The number of hydrogen-bond acceptors (Lipinski definition) is 11. The lowest BCUT2D eigenvalue weighted by Gasteiger charge is -2.37. The second-order valence-electron chi connectivity index (χ2n) is 14.8.